The van der Waals surface area contributed by atoms with E-state index in [0.29, 0.717) is 30.3 Å². The van der Waals surface area contributed by atoms with Crippen LogP contribution in [0.15, 0.2) is 0 Å². The van der Waals surface area contributed by atoms with Crippen LogP contribution in [0.3, 0.4) is 0 Å². The molecule has 0 spiro atoms. The zero-order valence-corrected chi connectivity index (χ0v) is 13.3. The van der Waals surface area contributed by atoms with Crippen molar-refractivity contribution in [2.45, 2.75) is 58.0 Å². The lowest BCUT2D eigenvalue weighted by molar-refractivity contribution is -0.123. The Kier molecular flexibility index (Phi) is 5.85. The molecular formula is C16H31N3O. The minimum Gasteiger partial charge on any atom is -0.353 e. The molecule has 2 rings (SSSR count). The molecule has 1 amide bonds. The summed E-state index contributed by atoms with van der Waals surface area (Å²) in [5.41, 5.74) is 0. The van der Waals surface area contributed by atoms with Gasteiger partial charge in [0.25, 0.3) is 0 Å². The van der Waals surface area contributed by atoms with Crippen molar-refractivity contribution in [3.05, 3.63) is 0 Å². The zero-order valence-electron chi connectivity index (χ0n) is 13.3. The highest BCUT2D eigenvalue weighted by atomic mass is 16.1. The summed E-state index contributed by atoms with van der Waals surface area (Å²) in [4.78, 5) is 14.6. The molecule has 4 atom stereocenters. The SMILES string of the molecule is CC(CC(=O)NC1CCN(C)C(C)C1)C1CCCNC1. The van der Waals surface area contributed by atoms with Crippen molar-refractivity contribution in [3.63, 3.8) is 0 Å². The lowest BCUT2D eigenvalue weighted by Gasteiger charge is -2.35. The van der Waals surface area contributed by atoms with Gasteiger partial charge in [0, 0.05) is 25.0 Å². The quantitative estimate of drug-likeness (QED) is 0.823. The summed E-state index contributed by atoms with van der Waals surface area (Å²) in [6, 6.07) is 0.958. The second-order valence-corrected chi connectivity index (χ2v) is 6.91. The van der Waals surface area contributed by atoms with Gasteiger partial charge in [-0.3, -0.25) is 4.79 Å². The molecule has 2 N–H and O–H groups in total. The van der Waals surface area contributed by atoms with Gasteiger partial charge in [-0.05, 0) is 64.6 Å². The van der Waals surface area contributed by atoms with Crippen molar-refractivity contribution in [2.24, 2.45) is 11.8 Å². The maximum absolute atomic E-state index is 12.2. The van der Waals surface area contributed by atoms with Crippen LogP contribution in [0.4, 0.5) is 0 Å². The van der Waals surface area contributed by atoms with Crippen LogP contribution in [0.5, 0.6) is 0 Å². The number of rotatable bonds is 4. The Hall–Kier alpha value is -0.610. The van der Waals surface area contributed by atoms with Gasteiger partial charge in [0.15, 0.2) is 0 Å². The number of carbonyl (C=O) groups is 1. The molecule has 20 heavy (non-hydrogen) atoms. The molecular weight excluding hydrogens is 250 g/mol. The van der Waals surface area contributed by atoms with Crippen molar-refractivity contribution in [3.8, 4) is 0 Å². The van der Waals surface area contributed by atoms with Crippen LogP contribution in [0.2, 0.25) is 0 Å². The van der Waals surface area contributed by atoms with Gasteiger partial charge >= 0.3 is 0 Å². The van der Waals surface area contributed by atoms with E-state index in [-0.39, 0.29) is 5.91 Å². The van der Waals surface area contributed by atoms with E-state index >= 15 is 0 Å². The lowest BCUT2D eigenvalue weighted by Crippen LogP contribution is -2.47. The molecule has 4 unspecified atom stereocenters. The largest absolute Gasteiger partial charge is 0.353 e. The first kappa shape index (κ1) is 15.8. The normalized spacial score (nSPS) is 33.6. The molecule has 4 heteroatoms. The van der Waals surface area contributed by atoms with Crippen LogP contribution in [0.25, 0.3) is 0 Å². The maximum Gasteiger partial charge on any atom is 0.220 e. The summed E-state index contributed by atoms with van der Waals surface area (Å²) in [6.07, 6.45) is 5.39. The Morgan fingerprint density at radius 2 is 2.25 bits per heavy atom. The number of nitrogens with zero attached hydrogens (tertiary/aromatic N) is 1. The topological polar surface area (TPSA) is 44.4 Å². The highest BCUT2D eigenvalue weighted by molar-refractivity contribution is 5.76. The number of likely N-dealkylation sites (tertiary alicyclic amines) is 1. The highest BCUT2D eigenvalue weighted by Crippen LogP contribution is 2.23. The first-order valence-electron chi connectivity index (χ1n) is 8.26. The van der Waals surface area contributed by atoms with E-state index in [9.17, 15) is 4.79 Å². The number of hydrogen-bond donors (Lipinski definition) is 2. The molecule has 4 nitrogen and oxygen atoms in total. The smallest absolute Gasteiger partial charge is 0.220 e. The van der Waals surface area contributed by atoms with E-state index in [1.807, 2.05) is 0 Å². The van der Waals surface area contributed by atoms with Gasteiger partial charge in [0.2, 0.25) is 5.91 Å². The maximum atomic E-state index is 12.2. The van der Waals surface area contributed by atoms with Crippen LogP contribution < -0.4 is 10.6 Å². The van der Waals surface area contributed by atoms with Gasteiger partial charge in [-0.15, -0.1) is 0 Å². The van der Waals surface area contributed by atoms with E-state index in [2.05, 4.69) is 36.4 Å². The van der Waals surface area contributed by atoms with Crippen molar-refractivity contribution >= 4 is 5.91 Å². The van der Waals surface area contributed by atoms with Crippen molar-refractivity contribution in [1.29, 1.82) is 0 Å². The molecule has 2 aliphatic heterocycles. The number of nitrogens with one attached hydrogen (secondary N) is 2. The standard InChI is InChI=1S/C16H31N3O/c1-12(14-5-4-7-17-11-14)9-16(20)18-15-6-8-19(3)13(2)10-15/h12-15,17H,4-11H2,1-3H3,(H,18,20). The monoisotopic (exact) mass is 281 g/mol. The zero-order chi connectivity index (χ0) is 14.5. The fourth-order valence-electron chi connectivity index (χ4n) is 3.53. The molecule has 2 heterocycles. The van der Waals surface area contributed by atoms with Crippen LogP contribution in [0.1, 0.15) is 46.0 Å². The Bertz CT molecular complexity index is 309. The average molecular weight is 281 g/mol. The Morgan fingerprint density at radius 1 is 1.45 bits per heavy atom. The molecule has 0 aromatic carbocycles. The molecule has 2 fully saturated rings. The third kappa shape index (κ3) is 4.45. The third-order valence-electron chi connectivity index (χ3n) is 5.22. The van der Waals surface area contributed by atoms with E-state index < -0.39 is 0 Å². The van der Waals surface area contributed by atoms with Gasteiger partial charge < -0.3 is 15.5 Å². The average Bonchev–Trinajstić information content (AvgIpc) is 2.44. The van der Waals surface area contributed by atoms with E-state index in [1.54, 1.807) is 0 Å². The second-order valence-electron chi connectivity index (χ2n) is 6.91. The molecule has 116 valence electrons. The van der Waals surface area contributed by atoms with Gasteiger partial charge in [-0.1, -0.05) is 6.92 Å². The number of amides is 1. The van der Waals surface area contributed by atoms with Crippen molar-refractivity contribution in [1.82, 2.24) is 15.5 Å². The van der Waals surface area contributed by atoms with Crippen LogP contribution in [-0.4, -0.2) is 49.6 Å². The minimum absolute atomic E-state index is 0.254. The van der Waals surface area contributed by atoms with Gasteiger partial charge in [0.05, 0.1) is 0 Å². The molecule has 0 aromatic rings. The summed E-state index contributed by atoms with van der Waals surface area (Å²) >= 11 is 0. The predicted octanol–water partition coefficient (Wildman–Crippen LogP) is 1.61. The van der Waals surface area contributed by atoms with E-state index in [4.69, 9.17) is 0 Å². The summed E-state index contributed by atoms with van der Waals surface area (Å²) in [5, 5.41) is 6.70. The Labute approximate surface area is 123 Å². The van der Waals surface area contributed by atoms with Gasteiger partial charge in [-0.2, -0.15) is 0 Å². The highest BCUT2D eigenvalue weighted by Gasteiger charge is 2.26. The summed E-state index contributed by atoms with van der Waals surface area (Å²) < 4.78 is 0. The van der Waals surface area contributed by atoms with Gasteiger partial charge in [0.1, 0.15) is 0 Å². The molecule has 0 saturated carbocycles. The first-order valence-corrected chi connectivity index (χ1v) is 8.26. The molecule has 0 aliphatic carbocycles. The van der Waals surface area contributed by atoms with Crippen LogP contribution in [-0.2, 0) is 4.79 Å². The van der Waals surface area contributed by atoms with Crippen LogP contribution >= 0.6 is 0 Å². The van der Waals surface area contributed by atoms with Crippen LogP contribution in [0, 0.1) is 11.8 Å². The first-order chi connectivity index (χ1) is 9.56. The molecule has 2 saturated heterocycles. The summed E-state index contributed by atoms with van der Waals surface area (Å²) in [5.74, 6) is 1.42. The summed E-state index contributed by atoms with van der Waals surface area (Å²) in [6.45, 7) is 7.79. The molecule has 0 aromatic heterocycles. The van der Waals surface area contributed by atoms with E-state index in [1.165, 1.54) is 12.8 Å². The van der Waals surface area contributed by atoms with Crippen molar-refractivity contribution < 1.29 is 4.79 Å². The molecule has 2 aliphatic rings. The Balaban J connectivity index is 1.71. The summed E-state index contributed by atoms with van der Waals surface area (Å²) in [7, 11) is 2.17. The number of hydrogen-bond acceptors (Lipinski definition) is 3. The second kappa shape index (κ2) is 7.41. The molecule has 0 radical (unpaired) electrons. The Morgan fingerprint density at radius 3 is 2.90 bits per heavy atom. The lowest BCUT2D eigenvalue weighted by atomic mass is 9.85. The number of piperidine rings is 2. The minimum atomic E-state index is 0.254. The number of carbonyl (C=O) groups excluding carboxylic acids is 1. The molecule has 0 bridgehead atoms. The third-order valence-corrected chi connectivity index (χ3v) is 5.22. The fourth-order valence-corrected chi connectivity index (χ4v) is 3.53. The fraction of sp³-hybridized carbons (Fsp3) is 0.938. The van der Waals surface area contributed by atoms with Crippen molar-refractivity contribution in [2.75, 3.05) is 26.7 Å². The van der Waals surface area contributed by atoms with Gasteiger partial charge in [-0.25, -0.2) is 0 Å². The van der Waals surface area contributed by atoms with E-state index in [0.717, 1.165) is 32.5 Å². The predicted molar refractivity (Wildman–Crippen MR) is 82.6 cm³/mol.